The molecule has 16 heavy (non-hydrogen) atoms. The van der Waals surface area contributed by atoms with E-state index in [-0.39, 0.29) is 0 Å². The van der Waals surface area contributed by atoms with Gasteiger partial charge in [0, 0.05) is 0 Å². The first-order valence-corrected chi connectivity index (χ1v) is 7.04. The maximum absolute atomic E-state index is 10.9. The van der Waals surface area contributed by atoms with Crippen LogP contribution in [0.1, 0.15) is 5.56 Å². The molecule has 0 aliphatic carbocycles. The van der Waals surface area contributed by atoms with Crippen LogP contribution >= 0.6 is 11.6 Å². The summed E-state index contributed by atoms with van der Waals surface area (Å²) < 4.78 is 61.3. The van der Waals surface area contributed by atoms with Gasteiger partial charge in [-0.1, -0.05) is 11.6 Å². The summed E-state index contributed by atoms with van der Waals surface area (Å²) >= 11 is 5.51. The first-order chi connectivity index (χ1) is 7.03. The zero-order valence-electron chi connectivity index (χ0n) is 7.88. The summed E-state index contributed by atoms with van der Waals surface area (Å²) in [5.74, 6) is 0. The van der Waals surface area contributed by atoms with Crippen molar-refractivity contribution in [2.24, 2.45) is 0 Å². The molecule has 0 atom stereocenters. The van der Waals surface area contributed by atoms with Crippen LogP contribution in [0, 0.1) is 6.92 Å². The van der Waals surface area contributed by atoms with Crippen molar-refractivity contribution in [3.8, 4) is 0 Å². The molecule has 0 heterocycles. The van der Waals surface area contributed by atoms with Gasteiger partial charge in [0.25, 0.3) is 20.2 Å². The van der Waals surface area contributed by atoms with Crippen molar-refractivity contribution in [3.63, 3.8) is 0 Å². The van der Waals surface area contributed by atoms with Crippen molar-refractivity contribution in [2.45, 2.75) is 16.7 Å². The van der Waals surface area contributed by atoms with E-state index in [2.05, 4.69) is 0 Å². The van der Waals surface area contributed by atoms with Crippen LogP contribution in [0.3, 0.4) is 0 Å². The van der Waals surface area contributed by atoms with Crippen molar-refractivity contribution >= 4 is 31.8 Å². The maximum atomic E-state index is 10.9. The number of halogens is 1. The first-order valence-electron chi connectivity index (χ1n) is 3.78. The standard InChI is InChI=1S/C7H7ClO6S2/c1-4-2-5(8)7(16(12,13)14)6(3-4)15(9,10)11/h2-3H,1H3,(H,9,10,11)(H,12,13,14). The van der Waals surface area contributed by atoms with Gasteiger partial charge in [-0.3, -0.25) is 9.11 Å². The van der Waals surface area contributed by atoms with Gasteiger partial charge in [-0.2, -0.15) is 16.8 Å². The smallest absolute Gasteiger partial charge is 0.282 e. The van der Waals surface area contributed by atoms with E-state index in [1.807, 2.05) is 0 Å². The fourth-order valence-corrected chi connectivity index (χ4v) is 3.69. The van der Waals surface area contributed by atoms with E-state index < -0.39 is 35.0 Å². The van der Waals surface area contributed by atoms with E-state index in [4.69, 9.17) is 20.7 Å². The van der Waals surface area contributed by atoms with Gasteiger partial charge >= 0.3 is 0 Å². The first kappa shape index (κ1) is 13.4. The molecule has 0 radical (unpaired) electrons. The highest BCUT2D eigenvalue weighted by Gasteiger charge is 2.27. The van der Waals surface area contributed by atoms with E-state index >= 15 is 0 Å². The molecule has 0 unspecified atom stereocenters. The summed E-state index contributed by atoms with van der Waals surface area (Å²) in [6, 6.07) is 2.05. The molecule has 0 spiro atoms. The molecule has 0 saturated heterocycles. The van der Waals surface area contributed by atoms with Crippen molar-refractivity contribution in [2.75, 3.05) is 0 Å². The summed E-state index contributed by atoms with van der Waals surface area (Å²) in [7, 11) is -9.62. The lowest BCUT2D eigenvalue weighted by Crippen LogP contribution is -2.09. The topological polar surface area (TPSA) is 109 Å². The van der Waals surface area contributed by atoms with Crippen molar-refractivity contribution in [3.05, 3.63) is 22.7 Å². The molecule has 1 aromatic rings. The van der Waals surface area contributed by atoms with E-state index in [1.165, 1.54) is 6.92 Å². The molecule has 2 N–H and O–H groups in total. The van der Waals surface area contributed by atoms with Gasteiger partial charge in [0.05, 0.1) is 5.02 Å². The highest BCUT2D eigenvalue weighted by atomic mass is 35.5. The van der Waals surface area contributed by atoms with Crippen LogP contribution in [0.15, 0.2) is 21.9 Å². The molecule has 0 saturated carbocycles. The molecule has 0 bridgehead atoms. The molecule has 0 amide bonds. The van der Waals surface area contributed by atoms with E-state index in [0.29, 0.717) is 5.56 Å². The molecular weight excluding hydrogens is 280 g/mol. The predicted molar refractivity (Wildman–Crippen MR) is 55.8 cm³/mol. The van der Waals surface area contributed by atoms with Crippen LogP contribution in [0.2, 0.25) is 5.02 Å². The van der Waals surface area contributed by atoms with Crippen molar-refractivity contribution in [1.29, 1.82) is 0 Å². The second kappa shape index (κ2) is 3.97. The second-order valence-corrected chi connectivity index (χ2v) is 6.18. The normalized spacial score (nSPS) is 12.8. The van der Waals surface area contributed by atoms with Gasteiger partial charge < -0.3 is 0 Å². The Morgan fingerprint density at radius 2 is 1.56 bits per heavy atom. The van der Waals surface area contributed by atoms with Crippen LogP contribution in [0.5, 0.6) is 0 Å². The highest BCUT2D eigenvalue weighted by molar-refractivity contribution is 7.89. The van der Waals surface area contributed by atoms with Gasteiger partial charge in [-0.15, -0.1) is 0 Å². The SMILES string of the molecule is Cc1cc(Cl)c(S(=O)(=O)O)c(S(=O)(=O)O)c1. The summed E-state index contributed by atoms with van der Waals surface area (Å²) in [6.45, 7) is 1.45. The molecule has 9 heteroatoms. The average Bonchev–Trinajstić information content (AvgIpc) is 1.97. The molecule has 0 aliphatic rings. The largest absolute Gasteiger partial charge is 0.297 e. The second-order valence-electron chi connectivity index (χ2n) is 3.02. The van der Waals surface area contributed by atoms with Crippen molar-refractivity contribution < 1.29 is 25.9 Å². The van der Waals surface area contributed by atoms with Crippen LogP contribution < -0.4 is 0 Å². The molecule has 0 aromatic heterocycles. The summed E-state index contributed by atoms with van der Waals surface area (Å²) in [5, 5.41) is -0.477. The lowest BCUT2D eigenvalue weighted by molar-refractivity contribution is 0.466. The number of benzene rings is 1. The third-order valence-corrected chi connectivity index (χ3v) is 4.06. The average molecular weight is 287 g/mol. The lowest BCUT2D eigenvalue weighted by Gasteiger charge is -2.07. The Hall–Kier alpha value is -0.670. The molecule has 1 aromatic carbocycles. The summed E-state index contributed by atoms with van der Waals surface area (Å²) in [6.07, 6.45) is 0. The third kappa shape index (κ3) is 2.71. The fourth-order valence-electron chi connectivity index (χ4n) is 1.14. The monoisotopic (exact) mass is 286 g/mol. The van der Waals surface area contributed by atoms with Crippen LogP contribution in [-0.4, -0.2) is 25.9 Å². The zero-order chi connectivity index (χ0) is 12.7. The fraction of sp³-hybridized carbons (Fsp3) is 0.143. The van der Waals surface area contributed by atoms with Gasteiger partial charge in [0.1, 0.15) is 9.79 Å². The minimum atomic E-state index is -4.84. The minimum Gasteiger partial charge on any atom is -0.282 e. The maximum Gasteiger partial charge on any atom is 0.297 e. The van der Waals surface area contributed by atoms with Crippen LogP contribution in [0.4, 0.5) is 0 Å². The summed E-state index contributed by atoms with van der Waals surface area (Å²) in [4.78, 5) is -1.97. The van der Waals surface area contributed by atoms with Crippen LogP contribution in [0.25, 0.3) is 0 Å². The Morgan fingerprint density at radius 3 is 1.94 bits per heavy atom. The van der Waals surface area contributed by atoms with Crippen molar-refractivity contribution in [1.82, 2.24) is 0 Å². The Kier molecular flexibility index (Phi) is 3.32. The molecular formula is C7H7ClO6S2. The molecule has 1 rings (SSSR count). The lowest BCUT2D eigenvalue weighted by atomic mass is 10.2. The van der Waals surface area contributed by atoms with E-state index in [1.54, 1.807) is 0 Å². The minimum absolute atomic E-state index is 0.324. The van der Waals surface area contributed by atoms with Crippen LogP contribution in [-0.2, 0) is 20.2 Å². The quantitative estimate of drug-likeness (QED) is 0.789. The summed E-state index contributed by atoms with van der Waals surface area (Å²) in [5.41, 5.74) is 0.324. The number of aryl methyl sites for hydroxylation is 1. The Bertz CT molecular complexity index is 631. The molecule has 90 valence electrons. The Balaban J connectivity index is 3.87. The Labute approximate surface area is 97.4 Å². The number of hydrogen-bond donors (Lipinski definition) is 2. The van der Waals surface area contributed by atoms with Gasteiger partial charge in [-0.05, 0) is 24.6 Å². The number of hydrogen-bond acceptors (Lipinski definition) is 4. The molecule has 0 fully saturated rings. The zero-order valence-corrected chi connectivity index (χ0v) is 10.3. The highest BCUT2D eigenvalue weighted by Crippen LogP contribution is 2.29. The molecule has 0 aliphatic heterocycles. The van der Waals surface area contributed by atoms with E-state index in [0.717, 1.165) is 12.1 Å². The molecule has 6 nitrogen and oxygen atoms in total. The van der Waals surface area contributed by atoms with Gasteiger partial charge in [0.2, 0.25) is 0 Å². The van der Waals surface area contributed by atoms with E-state index in [9.17, 15) is 16.8 Å². The van der Waals surface area contributed by atoms with Gasteiger partial charge in [-0.25, -0.2) is 0 Å². The Morgan fingerprint density at radius 1 is 1.06 bits per heavy atom. The van der Waals surface area contributed by atoms with Gasteiger partial charge in [0.15, 0.2) is 0 Å². The number of rotatable bonds is 2. The third-order valence-electron chi connectivity index (χ3n) is 1.69. The predicted octanol–water partition coefficient (Wildman–Crippen LogP) is 1.14.